The second-order valence-corrected chi connectivity index (χ2v) is 4.36. The van der Waals surface area contributed by atoms with Crippen molar-refractivity contribution in [3.05, 3.63) is 23.8 Å². The Morgan fingerprint density at radius 1 is 1.11 bits per heavy atom. The number of hydrogen-bond donors (Lipinski definition) is 2. The van der Waals surface area contributed by atoms with E-state index in [1.807, 2.05) is 12.1 Å². The van der Waals surface area contributed by atoms with Crippen molar-refractivity contribution in [2.45, 2.75) is 6.54 Å². The highest BCUT2D eigenvalue weighted by Crippen LogP contribution is 2.33. The molecule has 1 aliphatic rings. The molecule has 1 aromatic rings. The van der Waals surface area contributed by atoms with Crippen LogP contribution >= 0.6 is 0 Å². The summed E-state index contributed by atoms with van der Waals surface area (Å²) < 4.78 is 16.2. The van der Waals surface area contributed by atoms with Crippen LogP contribution in [0.1, 0.15) is 5.56 Å². The SMILES string of the molecule is COCCNCCNCc1cccc2c1OCCO2. The van der Waals surface area contributed by atoms with E-state index in [9.17, 15) is 0 Å². The Labute approximate surface area is 114 Å². The van der Waals surface area contributed by atoms with Crippen molar-refractivity contribution < 1.29 is 14.2 Å². The minimum atomic E-state index is 0.628. The van der Waals surface area contributed by atoms with E-state index in [1.54, 1.807) is 7.11 Å². The number of ether oxygens (including phenoxy) is 3. The molecule has 2 rings (SSSR count). The molecule has 2 N–H and O–H groups in total. The summed E-state index contributed by atoms with van der Waals surface area (Å²) in [7, 11) is 1.71. The summed E-state index contributed by atoms with van der Waals surface area (Å²) in [5.41, 5.74) is 1.15. The van der Waals surface area contributed by atoms with Gasteiger partial charge in [-0.25, -0.2) is 0 Å². The first-order chi connectivity index (χ1) is 9.42. The number of benzene rings is 1. The standard InChI is InChI=1S/C14H22N2O3/c1-17-8-7-15-5-6-16-11-12-3-2-4-13-14(12)19-10-9-18-13/h2-4,15-16H,5-11H2,1H3. The predicted molar refractivity (Wildman–Crippen MR) is 73.9 cm³/mol. The molecule has 0 saturated heterocycles. The van der Waals surface area contributed by atoms with Crippen LogP contribution in [0.4, 0.5) is 0 Å². The molecule has 0 spiro atoms. The van der Waals surface area contributed by atoms with Gasteiger partial charge in [0.15, 0.2) is 11.5 Å². The van der Waals surface area contributed by atoms with Gasteiger partial charge in [-0.1, -0.05) is 12.1 Å². The Kier molecular flexibility index (Phi) is 5.94. The molecule has 0 fully saturated rings. The van der Waals surface area contributed by atoms with Gasteiger partial charge in [0.1, 0.15) is 13.2 Å². The topological polar surface area (TPSA) is 51.8 Å². The van der Waals surface area contributed by atoms with E-state index < -0.39 is 0 Å². The Morgan fingerprint density at radius 3 is 2.84 bits per heavy atom. The van der Waals surface area contributed by atoms with Crippen molar-refractivity contribution >= 4 is 0 Å². The maximum absolute atomic E-state index is 5.67. The van der Waals surface area contributed by atoms with Crippen LogP contribution in [0.25, 0.3) is 0 Å². The van der Waals surface area contributed by atoms with Gasteiger partial charge in [-0.2, -0.15) is 0 Å². The fourth-order valence-electron chi connectivity index (χ4n) is 1.97. The summed E-state index contributed by atoms with van der Waals surface area (Å²) in [6.45, 7) is 5.52. The van der Waals surface area contributed by atoms with Gasteiger partial charge in [-0.3, -0.25) is 0 Å². The molecule has 0 unspecified atom stereocenters. The van der Waals surface area contributed by atoms with Crippen molar-refractivity contribution in [3.8, 4) is 11.5 Å². The van der Waals surface area contributed by atoms with Crippen LogP contribution in [-0.4, -0.2) is 46.6 Å². The molecule has 0 amide bonds. The zero-order chi connectivity index (χ0) is 13.3. The highest BCUT2D eigenvalue weighted by atomic mass is 16.6. The molecule has 106 valence electrons. The van der Waals surface area contributed by atoms with E-state index in [1.165, 1.54) is 0 Å². The number of rotatable bonds is 8. The number of para-hydroxylation sites is 1. The first-order valence-corrected chi connectivity index (χ1v) is 6.69. The highest BCUT2D eigenvalue weighted by molar-refractivity contribution is 5.47. The molecule has 0 atom stereocenters. The third-order valence-electron chi connectivity index (χ3n) is 2.92. The van der Waals surface area contributed by atoms with Gasteiger partial charge in [-0.15, -0.1) is 0 Å². The minimum Gasteiger partial charge on any atom is -0.486 e. The Bertz CT molecular complexity index is 385. The van der Waals surface area contributed by atoms with Crippen molar-refractivity contribution in [1.82, 2.24) is 10.6 Å². The quantitative estimate of drug-likeness (QED) is 0.681. The van der Waals surface area contributed by atoms with Crippen LogP contribution in [0.2, 0.25) is 0 Å². The molecule has 5 nitrogen and oxygen atoms in total. The molecule has 0 radical (unpaired) electrons. The van der Waals surface area contributed by atoms with Gasteiger partial charge < -0.3 is 24.8 Å². The van der Waals surface area contributed by atoms with E-state index in [0.717, 1.165) is 49.8 Å². The van der Waals surface area contributed by atoms with Gasteiger partial charge in [0.05, 0.1) is 6.61 Å². The molecule has 5 heteroatoms. The number of nitrogens with one attached hydrogen (secondary N) is 2. The first-order valence-electron chi connectivity index (χ1n) is 6.69. The van der Waals surface area contributed by atoms with Crippen molar-refractivity contribution in [2.24, 2.45) is 0 Å². The Balaban J connectivity index is 1.71. The van der Waals surface area contributed by atoms with Gasteiger partial charge in [-0.05, 0) is 6.07 Å². The van der Waals surface area contributed by atoms with Crippen molar-refractivity contribution in [2.75, 3.05) is 46.6 Å². The first kappa shape index (κ1) is 14.1. The maximum Gasteiger partial charge on any atom is 0.165 e. The van der Waals surface area contributed by atoms with Crippen molar-refractivity contribution in [1.29, 1.82) is 0 Å². The molecule has 0 bridgehead atoms. The van der Waals surface area contributed by atoms with Crippen LogP contribution in [0, 0.1) is 0 Å². The molecule has 19 heavy (non-hydrogen) atoms. The number of methoxy groups -OCH3 is 1. The molecular weight excluding hydrogens is 244 g/mol. The summed E-state index contributed by atoms with van der Waals surface area (Å²) in [6, 6.07) is 6.02. The third kappa shape index (κ3) is 4.38. The lowest BCUT2D eigenvalue weighted by Gasteiger charge is -2.21. The molecule has 1 heterocycles. The number of fused-ring (bicyclic) bond motifs is 1. The third-order valence-corrected chi connectivity index (χ3v) is 2.92. The van der Waals surface area contributed by atoms with Crippen LogP contribution in [0.3, 0.4) is 0 Å². The van der Waals surface area contributed by atoms with E-state index in [-0.39, 0.29) is 0 Å². The zero-order valence-electron chi connectivity index (χ0n) is 11.4. The summed E-state index contributed by atoms with van der Waals surface area (Å²) in [6.07, 6.45) is 0. The van der Waals surface area contributed by atoms with E-state index in [0.29, 0.717) is 13.2 Å². The zero-order valence-corrected chi connectivity index (χ0v) is 11.4. The average Bonchev–Trinajstić information content (AvgIpc) is 2.46. The average molecular weight is 266 g/mol. The Morgan fingerprint density at radius 2 is 1.95 bits per heavy atom. The van der Waals surface area contributed by atoms with E-state index >= 15 is 0 Å². The van der Waals surface area contributed by atoms with E-state index in [4.69, 9.17) is 14.2 Å². The molecule has 1 aliphatic heterocycles. The molecule has 0 aliphatic carbocycles. The molecule has 0 aromatic heterocycles. The number of hydrogen-bond acceptors (Lipinski definition) is 5. The van der Waals surface area contributed by atoms with Crippen LogP contribution in [0.15, 0.2) is 18.2 Å². The largest absolute Gasteiger partial charge is 0.486 e. The lowest BCUT2D eigenvalue weighted by molar-refractivity contribution is 0.169. The predicted octanol–water partition coefficient (Wildman–Crippen LogP) is 0.783. The van der Waals surface area contributed by atoms with Crippen LogP contribution in [0.5, 0.6) is 11.5 Å². The fraction of sp³-hybridized carbons (Fsp3) is 0.571. The second kappa shape index (κ2) is 7.99. The molecular formula is C14H22N2O3. The molecule has 1 aromatic carbocycles. The van der Waals surface area contributed by atoms with Gasteiger partial charge >= 0.3 is 0 Å². The van der Waals surface area contributed by atoms with Crippen LogP contribution < -0.4 is 20.1 Å². The molecule has 0 saturated carbocycles. The lowest BCUT2D eigenvalue weighted by Crippen LogP contribution is -2.29. The summed E-state index contributed by atoms with van der Waals surface area (Å²) in [4.78, 5) is 0. The normalized spacial score (nSPS) is 13.5. The summed E-state index contributed by atoms with van der Waals surface area (Å²) in [5.74, 6) is 1.73. The Hall–Kier alpha value is -1.30. The summed E-state index contributed by atoms with van der Waals surface area (Å²) >= 11 is 0. The monoisotopic (exact) mass is 266 g/mol. The summed E-state index contributed by atoms with van der Waals surface area (Å²) in [5, 5.41) is 6.68. The van der Waals surface area contributed by atoms with Crippen LogP contribution in [-0.2, 0) is 11.3 Å². The minimum absolute atomic E-state index is 0.628. The van der Waals surface area contributed by atoms with Gasteiger partial charge in [0.2, 0.25) is 0 Å². The fourth-order valence-corrected chi connectivity index (χ4v) is 1.97. The van der Waals surface area contributed by atoms with Crippen molar-refractivity contribution in [3.63, 3.8) is 0 Å². The van der Waals surface area contributed by atoms with Gasteiger partial charge in [0, 0.05) is 38.9 Å². The lowest BCUT2D eigenvalue weighted by atomic mass is 10.1. The smallest absolute Gasteiger partial charge is 0.165 e. The van der Waals surface area contributed by atoms with Gasteiger partial charge in [0.25, 0.3) is 0 Å². The van der Waals surface area contributed by atoms with E-state index in [2.05, 4.69) is 16.7 Å². The maximum atomic E-state index is 5.67. The highest BCUT2D eigenvalue weighted by Gasteiger charge is 2.14. The second-order valence-electron chi connectivity index (χ2n) is 4.36.